The fourth-order valence-electron chi connectivity index (χ4n) is 1.88. The average molecular weight is 236 g/mol. The number of rotatable bonds is 2. The Morgan fingerprint density at radius 2 is 2.00 bits per heavy atom. The van der Waals surface area contributed by atoms with Crippen molar-refractivity contribution in [2.24, 2.45) is 5.73 Å². The largest absolute Gasteiger partial charge is 0.329 e. The highest BCUT2D eigenvalue weighted by Gasteiger charge is 2.72. The summed E-state index contributed by atoms with van der Waals surface area (Å²) in [5, 5.41) is 0.0117. The van der Waals surface area contributed by atoms with Gasteiger partial charge in [0.1, 0.15) is 5.82 Å². The molecule has 2 rings (SSSR count). The van der Waals surface area contributed by atoms with Gasteiger partial charge in [-0.3, -0.25) is 0 Å². The number of alkyl halides is 2. The summed E-state index contributed by atoms with van der Waals surface area (Å²) in [6.45, 7) is -0.305. The maximum Gasteiger partial charge on any atom is 0.260 e. The van der Waals surface area contributed by atoms with Gasteiger partial charge in [0.25, 0.3) is 5.92 Å². The highest BCUT2D eigenvalue weighted by molar-refractivity contribution is 6.31. The molecular formula is C10H9ClF3N. The monoisotopic (exact) mass is 235 g/mol. The molecule has 1 atom stereocenters. The molecule has 0 aliphatic heterocycles. The van der Waals surface area contributed by atoms with Gasteiger partial charge in [-0.25, -0.2) is 13.2 Å². The Balaban J connectivity index is 2.55. The molecule has 5 heteroatoms. The predicted octanol–water partition coefficient (Wildman–Crippen LogP) is 2.71. The van der Waals surface area contributed by atoms with Gasteiger partial charge >= 0.3 is 0 Å². The van der Waals surface area contributed by atoms with Gasteiger partial charge < -0.3 is 5.73 Å². The van der Waals surface area contributed by atoms with Crippen LogP contribution in [-0.2, 0) is 5.41 Å². The lowest BCUT2D eigenvalue weighted by Gasteiger charge is -2.16. The third kappa shape index (κ3) is 1.35. The average Bonchev–Trinajstić information content (AvgIpc) is 2.69. The zero-order valence-corrected chi connectivity index (χ0v) is 8.49. The van der Waals surface area contributed by atoms with Crippen molar-refractivity contribution in [2.45, 2.75) is 17.8 Å². The minimum Gasteiger partial charge on any atom is -0.329 e. The first kappa shape index (κ1) is 10.8. The van der Waals surface area contributed by atoms with Crippen molar-refractivity contribution in [3.63, 3.8) is 0 Å². The number of benzene rings is 1. The summed E-state index contributed by atoms with van der Waals surface area (Å²) in [5.74, 6) is -3.67. The molecule has 1 saturated carbocycles. The molecule has 2 N–H and O–H groups in total. The summed E-state index contributed by atoms with van der Waals surface area (Å²) >= 11 is 5.73. The molecule has 0 amide bonds. The highest BCUT2D eigenvalue weighted by atomic mass is 35.5. The summed E-state index contributed by atoms with van der Waals surface area (Å²) in [6.07, 6.45) is -0.433. The molecule has 0 saturated heterocycles. The van der Waals surface area contributed by atoms with Crippen LogP contribution >= 0.6 is 11.6 Å². The molecule has 82 valence electrons. The van der Waals surface area contributed by atoms with E-state index in [-0.39, 0.29) is 17.1 Å². The van der Waals surface area contributed by atoms with Crippen LogP contribution in [0.1, 0.15) is 12.0 Å². The maximum absolute atomic E-state index is 13.4. The lowest BCUT2D eigenvalue weighted by atomic mass is 9.94. The Bertz CT molecular complexity index is 387. The van der Waals surface area contributed by atoms with Crippen LogP contribution in [0.5, 0.6) is 0 Å². The molecule has 1 aromatic carbocycles. The van der Waals surface area contributed by atoms with Gasteiger partial charge in [0, 0.05) is 23.6 Å². The molecule has 15 heavy (non-hydrogen) atoms. The van der Waals surface area contributed by atoms with E-state index in [1.807, 2.05) is 0 Å². The number of hydrogen-bond acceptors (Lipinski definition) is 1. The fraction of sp³-hybridized carbons (Fsp3) is 0.400. The quantitative estimate of drug-likeness (QED) is 0.838. The molecule has 1 nitrogen and oxygen atoms in total. The van der Waals surface area contributed by atoms with Gasteiger partial charge in [-0.1, -0.05) is 17.7 Å². The Morgan fingerprint density at radius 1 is 1.40 bits per heavy atom. The van der Waals surface area contributed by atoms with Crippen LogP contribution in [-0.4, -0.2) is 12.5 Å². The third-order valence-electron chi connectivity index (χ3n) is 2.89. The first-order chi connectivity index (χ1) is 6.94. The third-order valence-corrected chi connectivity index (χ3v) is 3.20. The Kier molecular flexibility index (Phi) is 2.24. The second-order valence-corrected chi connectivity index (χ2v) is 4.17. The predicted molar refractivity (Wildman–Crippen MR) is 51.7 cm³/mol. The van der Waals surface area contributed by atoms with E-state index in [2.05, 4.69) is 0 Å². The first-order valence-electron chi connectivity index (χ1n) is 4.47. The number of hydrogen-bond donors (Lipinski definition) is 1. The molecule has 0 spiro atoms. The van der Waals surface area contributed by atoms with Gasteiger partial charge in [-0.2, -0.15) is 0 Å². The van der Waals surface area contributed by atoms with E-state index >= 15 is 0 Å². The zero-order valence-electron chi connectivity index (χ0n) is 7.74. The Hall–Kier alpha value is -0.740. The molecule has 0 aromatic heterocycles. The van der Waals surface area contributed by atoms with Crippen molar-refractivity contribution in [3.8, 4) is 0 Å². The SMILES string of the molecule is NCC1(c2c(F)cccc2Cl)CC1(F)F. The topological polar surface area (TPSA) is 26.0 Å². The van der Waals surface area contributed by atoms with Crippen molar-refractivity contribution in [1.82, 2.24) is 0 Å². The normalized spacial score (nSPS) is 27.8. The summed E-state index contributed by atoms with van der Waals surface area (Å²) in [7, 11) is 0. The molecule has 1 aliphatic carbocycles. The van der Waals surface area contributed by atoms with Crippen LogP contribution in [0.4, 0.5) is 13.2 Å². The zero-order chi connectivity index (χ0) is 11.3. The van der Waals surface area contributed by atoms with Gasteiger partial charge in [0.2, 0.25) is 0 Å². The van der Waals surface area contributed by atoms with Gasteiger partial charge in [-0.15, -0.1) is 0 Å². The van der Waals surface area contributed by atoms with Crippen molar-refractivity contribution in [3.05, 3.63) is 34.6 Å². The number of nitrogens with two attached hydrogens (primary N) is 1. The van der Waals surface area contributed by atoms with Gasteiger partial charge in [-0.05, 0) is 12.1 Å². The van der Waals surface area contributed by atoms with Gasteiger partial charge in [0.15, 0.2) is 0 Å². The molecule has 1 aliphatic rings. The molecule has 1 fully saturated rings. The van der Waals surface area contributed by atoms with Crippen molar-refractivity contribution in [1.29, 1.82) is 0 Å². The van der Waals surface area contributed by atoms with E-state index in [0.29, 0.717) is 0 Å². The summed E-state index contributed by atoms with van der Waals surface area (Å²) in [5.41, 5.74) is 3.55. The summed E-state index contributed by atoms with van der Waals surface area (Å²) < 4.78 is 39.8. The lowest BCUT2D eigenvalue weighted by Crippen LogP contribution is -2.28. The smallest absolute Gasteiger partial charge is 0.260 e. The summed E-state index contributed by atoms with van der Waals surface area (Å²) in [4.78, 5) is 0. The highest BCUT2D eigenvalue weighted by Crippen LogP contribution is 2.62. The second kappa shape index (κ2) is 3.12. The first-order valence-corrected chi connectivity index (χ1v) is 4.85. The van der Waals surface area contributed by atoms with E-state index in [9.17, 15) is 13.2 Å². The van der Waals surface area contributed by atoms with Crippen LogP contribution < -0.4 is 5.73 Å². The van der Waals surface area contributed by atoms with Crippen molar-refractivity contribution < 1.29 is 13.2 Å². The lowest BCUT2D eigenvalue weighted by molar-refractivity contribution is 0.0887. The Labute approximate surface area is 90.0 Å². The van der Waals surface area contributed by atoms with Crippen LogP contribution in [0.3, 0.4) is 0 Å². The van der Waals surface area contributed by atoms with Crippen LogP contribution in [0, 0.1) is 5.82 Å². The van der Waals surface area contributed by atoms with Crippen molar-refractivity contribution in [2.75, 3.05) is 6.54 Å². The summed E-state index contributed by atoms with van der Waals surface area (Å²) in [6, 6.07) is 3.89. The van der Waals surface area contributed by atoms with Crippen LogP contribution in [0.15, 0.2) is 18.2 Å². The second-order valence-electron chi connectivity index (χ2n) is 3.76. The van der Waals surface area contributed by atoms with Crippen LogP contribution in [0.25, 0.3) is 0 Å². The molecule has 1 aromatic rings. The molecule has 0 radical (unpaired) electrons. The number of halogens is 4. The standard InChI is InChI=1S/C10H9ClF3N/c11-6-2-1-3-7(12)8(6)9(5-15)4-10(9,13)14/h1-3H,4-5,15H2. The van der Waals surface area contributed by atoms with Gasteiger partial charge in [0.05, 0.1) is 5.41 Å². The van der Waals surface area contributed by atoms with E-state index in [1.165, 1.54) is 12.1 Å². The fourth-order valence-corrected chi connectivity index (χ4v) is 2.23. The Morgan fingerprint density at radius 3 is 2.40 bits per heavy atom. The minimum atomic E-state index is -2.95. The van der Waals surface area contributed by atoms with E-state index in [1.54, 1.807) is 0 Å². The van der Waals surface area contributed by atoms with Crippen LogP contribution in [0.2, 0.25) is 5.02 Å². The van der Waals surface area contributed by atoms with E-state index < -0.39 is 23.6 Å². The van der Waals surface area contributed by atoms with E-state index in [0.717, 1.165) is 6.07 Å². The van der Waals surface area contributed by atoms with Crippen molar-refractivity contribution >= 4 is 11.6 Å². The molecule has 1 unspecified atom stereocenters. The molecule has 0 bridgehead atoms. The minimum absolute atomic E-state index is 0.0117. The molecular weight excluding hydrogens is 227 g/mol. The van der Waals surface area contributed by atoms with E-state index in [4.69, 9.17) is 17.3 Å². The maximum atomic E-state index is 13.4. The molecule has 0 heterocycles.